The predicted octanol–water partition coefficient (Wildman–Crippen LogP) is 4.47. The van der Waals surface area contributed by atoms with Gasteiger partial charge in [-0.25, -0.2) is 9.35 Å². The highest BCUT2D eigenvalue weighted by atomic mass is 35.5. The van der Waals surface area contributed by atoms with Crippen molar-refractivity contribution in [1.82, 2.24) is 0 Å². The Hall–Kier alpha value is -2.68. The molecule has 2 aromatic rings. The summed E-state index contributed by atoms with van der Waals surface area (Å²) in [5.41, 5.74) is 7.62. The first-order chi connectivity index (χ1) is 16.1. The molecule has 1 amide bonds. The molecule has 0 saturated heterocycles. The Bertz CT molecular complexity index is 1220. The van der Waals surface area contributed by atoms with Crippen LogP contribution in [0.15, 0.2) is 53.4 Å². The third kappa shape index (κ3) is 6.05. The van der Waals surface area contributed by atoms with Gasteiger partial charge in [0.15, 0.2) is 0 Å². The number of nitrogen functional groups attached to an aromatic ring is 1. The summed E-state index contributed by atoms with van der Waals surface area (Å²) < 4.78 is 22.2. The van der Waals surface area contributed by atoms with Crippen molar-refractivity contribution in [2.24, 2.45) is 15.4 Å². The number of anilines is 1. The molecule has 34 heavy (non-hydrogen) atoms. The van der Waals surface area contributed by atoms with Gasteiger partial charge in [-0.2, -0.15) is 0 Å². The highest BCUT2D eigenvalue weighted by Gasteiger charge is 2.37. The van der Waals surface area contributed by atoms with Gasteiger partial charge in [0.1, 0.15) is 28.6 Å². The summed E-state index contributed by atoms with van der Waals surface area (Å²) in [6.07, 6.45) is 5.59. The molecule has 9 heteroatoms. The van der Waals surface area contributed by atoms with E-state index in [-0.39, 0.29) is 29.5 Å². The van der Waals surface area contributed by atoms with Crippen LogP contribution in [0.4, 0.5) is 5.69 Å². The molecule has 0 heterocycles. The quantitative estimate of drug-likeness (QED) is 0.296. The van der Waals surface area contributed by atoms with E-state index in [0.29, 0.717) is 23.6 Å². The molecule has 0 aliphatic heterocycles. The first-order valence-corrected chi connectivity index (χ1v) is 13.2. The Labute approximate surface area is 205 Å². The average Bonchev–Trinajstić information content (AvgIpc) is 2.77. The first kappa shape index (κ1) is 25.9. The predicted molar refractivity (Wildman–Crippen MR) is 136 cm³/mol. The molecule has 1 aliphatic rings. The molecule has 3 atom stereocenters. The van der Waals surface area contributed by atoms with E-state index in [4.69, 9.17) is 27.2 Å². The normalized spacial score (nSPS) is 19.9. The first-order valence-electron chi connectivity index (χ1n) is 11.0. The second-order valence-corrected chi connectivity index (χ2v) is 11.2. The monoisotopic (exact) mass is 503 g/mol. The number of benzene rings is 2. The van der Waals surface area contributed by atoms with Crippen molar-refractivity contribution >= 4 is 39.4 Å². The van der Waals surface area contributed by atoms with E-state index in [1.54, 1.807) is 18.2 Å². The van der Waals surface area contributed by atoms with Crippen LogP contribution in [-0.2, 0) is 26.5 Å². The molecule has 0 saturated carbocycles. The largest absolute Gasteiger partial charge is 0.490 e. The molecule has 7 nitrogen and oxygen atoms in total. The number of nitrogens with two attached hydrogens (primary N) is 2. The van der Waals surface area contributed by atoms with E-state index in [1.165, 1.54) is 12.1 Å². The minimum Gasteiger partial charge on any atom is -0.490 e. The molecule has 3 rings (SSSR count). The van der Waals surface area contributed by atoms with Gasteiger partial charge in [-0.1, -0.05) is 30.7 Å². The molecular weight excluding hydrogens is 474 g/mol. The number of ether oxygens (including phenoxy) is 1. The maximum Gasteiger partial charge on any atom is 0.286 e. The zero-order valence-corrected chi connectivity index (χ0v) is 20.7. The second-order valence-electron chi connectivity index (χ2n) is 8.85. The fraction of sp³-hybridized carbons (Fsp3) is 0.360. The Morgan fingerprint density at radius 3 is 2.79 bits per heavy atom. The van der Waals surface area contributed by atoms with Crippen molar-refractivity contribution in [3.63, 3.8) is 0 Å². The van der Waals surface area contributed by atoms with Gasteiger partial charge in [-0.3, -0.25) is 4.79 Å². The van der Waals surface area contributed by atoms with Crippen LogP contribution in [0.1, 0.15) is 47.7 Å². The number of amides is 1. The molecule has 1 aliphatic carbocycles. The van der Waals surface area contributed by atoms with E-state index in [0.717, 1.165) is 30.3 Å². The van der Waals surface area contributed by atoms with E-state index < -0.39 is 21.2 Å². The molecule has 1 unspecified atom stereocenters. The summed E-state index contributed by atoms with van der Waals surface area (Å²) in [5, 5.41) is 6.40. The SMILES string of the molecule is C=CC[C@H](C)CS(N)(=O)=NC(=O)c1ccc(OC[C@@]2(C=O)CCCc3cc(Cl)ccc32)c(N)c1. The van der Waals surface area contributed by atoms with Gasteiger partial charge in [0.05, 0.1) is 11.1 Å². The van der Waals surface area contributed by atoms with E-state index in [2.05, 4.69) is 10.9 Å². The van der Waals surface area contributed by atoms with Crippen LogP contribution in [-0.4, -0.2) is 28.8 Å². The Morgan fingerprint density at radius 2 is 2.12 bits per heavy atom. The summed E-state index contributed by atoms with van der Waals surface area (Å²) in [6.45, 7) is 5.61. The number of nitrogens with zero attached hydrogens (tertiary/aromatic N) is 1. The lowest BCUT2D eigenvalue weighted by Crippen LogP contribution is -2.38. The number of hydrogen-bond donors (Lipinski definition) is 2. The van der Waals surface area contributed by atoms with E-state index in [9.17, 15) is 13.8 Å². The molecule has 182 valence electrons. The number of aldehydes is 1. The lowest BCUT2D eigenvalue weighted by molar-refractivity contribution is -0.114. The number of hydrogen-bond acceptors (Lipinski definition) is 5. The van der Waals surface area contributed by atoms with Gasteiger partial charge in [-0.05, 0) is 73.1 Å². The highest BCUT2D eigenvalue weighted by Crippen LogP contribution is 2.38. The summed E-state index contributed by atoms with van der Waals surface area (Å²) in [7, 11) is -3.18. The summed E-state index contributed by atoms with van der Waals surface area (Å²) in [4.78, 5) is 24.7. The summed E-state index contributed by atoms with van der Waals surface area (Å²) >= 11 is 6.12. The van der Waals surface area contributed by atoms with Crippen LogP contribution in [0.5, 0.6) is 5.75 Å². The molecule has 0 radical (unpaired) electrons. The lowest BCUT2D eigenvalue weighted by atomic mass is 9.71. The fourth-order valence-electron chi connectivity index (χ4n) is 4.30. The average molecular weight is 504 g/mol. The number of carbonyl (C=O) groups excluding carboxylic acids is 2. The van der Waals surface area contributed by atoms with Crippen LogP contribution in [0.25, 0.3) is 0 Å². The number of fused-ring (bicyclic) bond motifs is 1. The Morgan fingerprint density at radius 1 is 1.35 bits per heavy atom. The molecule has 4 N–H and O–H groups in total. The van der Waals surface area contributed by atoms with Crippen LogP contribution in [0.2, 0.25) is 5.02 Å². The Balaban J connectivity index is 1.77. The van der Waals surface area contributed by atoms with Crippen molar-refractivity contribution in [3.8, 4) is 5.75 Å². The summed E-state index contributed by atoms with van der Waals surface area (Å²) in [5.74, 6) is -0.300. The van der Waals surface area contributed by atoms with Gasteiger partial charge >= 0.3 is 0 Å². The van der Waals surface area contributed by atoms with Gasteiger partial charge < -0.3 is 15.3 Å². The lowest BCUT2D eigenvalue weighted by Gasteiger charge is -2.34. The third-order valence-corrected chi connectivity index (χ3v) is 7.73. The minimum atomic E-state index is -3.18. The van der Waals surface area contributed by atoms with Gasteiger partial charge in [-0.15, -0.1) is 10.9 Å². The summed E-state index contributed by atoms with van der Waals surface area (Å²) in [6, 6.07) is 9.98. The van der Waals surface area contributed by atoms with Crippen LogP contribution in [0, 0.1) is 5.92 Å². The molecular formula is C25H30ClN3O4S. The Kier molecular flexibility index (Phi) is 8.17. The van der Waals surface area contributed by atoms with Crippen molar-refractivity contribution < 1.29 is 18.5 Å². The van der Waals surface area contributed by atoms with Crippen LogP contribution in [0.3, 0.4) is 0 Å². The van der Waals surface area contributed by atoms with Gasteiger partial charge in [0.2, 0.25) is 0 Å². The highest BCUT2D eigenvalue weighted by molar-refractivity contribution is 7.91. The number of halogens is 1. The standard InChI is InChI=1S/C25H30ClN3O4S/c1-3-5-17(2)14-34(28,32)29-24(31)19-7-10-23(22(27)13-19)33-16-25(15-30)11-4-6-18-12-20(26)8-9-21(18)25/h3,7-10,12-13,15,17H,1,4-6,11,14,16,27H2,2H3,(H2,28,29,31,32)/t17-,25-,34?/m0/s1. The topological polar surface area (TPSA) is 125 Å². The smallest absolute Gasteiger partial charge is 0.286 e. The fourth-order valence-corrected chi connectivity index (χ4v) is 5.91. The number of rotatable bonds is 9. The molecule has 0 aromatic heterocycles. The zero-order valence-electron chi connectivity index (χ0n) is 19.2. The third-order valence-electron chi connectivity index (χ3n) is 5.97. The minimum absolute atomic E-state index is 0.0153. The number of aryl methyl sites for hydroxylation is 1. The van der Waals surface area contributed by atoms with E-state index in [1.807, 2.05) is 19.1 Å². The second kappa shape index (κ2) is 10.7. The zero-order chi connectivity index (χ0) is 24.9. The molecule has 0 spiro atoms. The number of allylic oxidation sites excluding steroid dienone is 1. The van der Waals surface area contributed by atoms with Crippen molar-refractivity contribution in [1.29, 1.82) is 0 Å². The van der Waals surface area contributed by atoms with Gasteiger partial charge in [0, 0.05) is 16.3 Å². The van der Waals surface area contributed by atoms with E-state index >= 15 is 0 Å². The van der Waals surface area contributed by atoms with Gasteiger partial charge in [0.25, 0.3) is 5.91 Å². The molecule has 0 fully saturated rings. The van der Waals surface area contributed by atoms with Crippen LogP contribution >= 0.6 is 11.6 Å². The van der Waals surface area contributed by atoms with Crippen molar-refractivity contribution in [2.45, 2.75) is 38.0 Å². The maximum atomic E-state index is 12.5. The van der Waals surface area contributed by atoms with Crippen molar-refractivity contribution in [3.05, 3.63) is 70.8 Å². The molecule has 2 aromatic carbocycles. The van der Waals surface area contributed by atoms with Crippen molar-refractivity contribution in [2.75, 3.05) is 18.1 Å². The molecule has 0 bridgehead atoms. The number of carbonyl (C=O) groups is 2. The maximum absolute atomic E-state index is 12.5. The van der Waals surface area contributed by atoms with Crippen LogP contribution < -0.4 is 15.6 Å².